The van der Waals surface area contributed by atoms with Crippen LogP contribution in [-0.4, -0.2) is 61.5 Å². The minimum atomic E-state index is -0.300. The Morgan fingerprint density at radius 1 is 1.22 bits per heavy atom. The second-order valence-electron chi connectivity index (χ2n) is 6.91. The van der Waals surface area contributed by atoms with Crippen LogP contribution in [0.3, 0.4) is 0 Å². The van der Waals surface area contributed by atoms with Crippen molar-refractivity contribution in [2.24, 2.45) is 5.41 Å². The molecule has 0 aromatic carbocycles. The molecule has 1 amide bonds. The van der Waals surface area contributed by atoms with Gasteiger partial charge in [-0.3, -0.25) is 4.79 Å². The first-order valence-electron chi connectivity index (χ1n) is 6.84. The summed E-state index contributed by atoms with van der Waals surface area (Å²) in [6, 6.07) is 0. The highest BCUT2D eigenvalue weighted by Gasteiger charge is 2.41. The number of rotatable bonds is 4. The molecule has 0 bridgehead atoms. The van der Waals surface area contributed by atoms with Gasteiger partial charge in [0.15, 0.2) is 0 Å². The summed E-state index contributed by atoms with van der Waals surface area (Å²) in [6.07, 6.45) is 1.03. The van der Waals surface area contributed by atoms with Crippen LogP contribution in [0.2, 0.25) is 0 Å². The van der Waals surface area contributed by atoms with E-state index < -0.39 is 0 Å². The van der Waals surface area contributed by atoms with Gasteiger partial charge in [0.1, 0.15) is 0 Å². The highest BCUT2D eigenvalue weighted by atomic mass is 16.2. The molecule has 0 atom stereocenters. The molecular weight excluding hydrogens is 226 g/mol. The lowest BCUT2D eigenvalue weighted by Gasteiger charge is -2.39. The number of carbonyl (C=O) groups is 1. The third kappa shape index (κ3) is 3.69. The van der Waals surface area contributed by atoms with E-state index in [1.54, 1.807) is 0 Å². The average Bonchev–Trinajstić information content (AvgIpc) is 2.27. The molecule has 0 saturated carbocycles. The summed E-state index contributed by atoms with van der Waals surface area (Å²) in [5, 5.41) is 3.41. The molecule has 4 nitrogen and oxygen atoms in total. The minimum Gasteiger partial charge on any atom is -0.336 e. The number of nitrogens with one attached hydrogen (secondary N) is 1. The molecule has 1 aliphatic rings. The van der Waals surface area contributed by atoms with Crippen LogP contribution < -0.4 is 5.32 Å². The van der Waals surface area contributed by atoms with Crippen LogP contribution >= 0.6 is 0 Å². The van der Waals surface area contributed by atoms with Crippen molar-refractivity contribution in [2.75, 3.05) is 40.3 Å². The second kappa shape index (κ2) is 5.57. The third-order valence-corrected chi connectivity index (χ3v) is 3.67. The van der Waals surface area contributed by atoms with E-state index in [2.05, 4.69) is 43.1 Å². The first-order valence-corrected chi connectivity index (χ1v) is 6.84. The summed E-state index contributed by atoms with van der Waals surface area (Å²) in [6.45, 7) is 11.8. The Morgan fingerprint density at radius 2 is 1.83 bits per heavy atom. The molecule has 0 aliphatic carbocycles. The Labute approximate surface area is 112 Å². The maximum absolute atomic E-state index is 12.6. The SMILES string of the molecule is CN(C)CCCN1C(=O)C(C)(C)CNCC1(C)C. The van der Waals surface area contributed by atoms with E-state index in [1.165, 1.54) is 0 Å². The van der Waals surface area contributed by atoms with Gasteiger partial charge in [0.05, 0.1) is 5.41 Å². The molecule has 1 N–H and O–H groups in total. The quantitative estimate of drug-likeness (QED) is 0.819. The lowest BCUT2D eigenvalue weighted by molar-refractivity contribution is -0.143. The van der Waals surface area contributed by atoms with Crippen molar-refractivity contribution < 1.29 is 4.79 Å². The first-order chi connectivity index (χ1) is 8.17. The third-order valence-electron chi connectivity index (χ3n) is 3.67. The van der Waals surface area contributed by atoms with Crippen molar-refractivity contribution in [2.45, 2.75) is 39.7 Å². The molecule has 1 fully saturated rings. The van der Waals surface area contributed by atoms with Gasteiger partial charge >= 0.3 is 0 Å². The molecule has 0 unspecified atom stereocenters. The van der Waals surface area contributed by atoms with Crippen LogP contribution in [0.5, 0.6) is 0 Å². The standard InChI is InChI=1S/C14H29N3O/c1-13(2)10-15-11-14(3,4)17(12(13)18)9-7-8-16(5)6/h15H,7-11H2,1-6H3. The van der Waals surface area contributed by atoms with Gasteiger partial charge in [-0.25, -0.2) is 0 Å². The fraction of sp³-hybridized carbons (Fsp3) is 0.929. The van der Waals surface area contributed by atoms with Gasteiger partial charge in [0, 0.05) is 25.2 Å². The smallest absolute Gasteiger partial charge is 0.230 e. The van der Waals surface area contributed by atoms with Gasteiger partial charge in [-0.1, -0.05) is 0 Å². The number of hydrogen-bond acceptors (Lipinski definition) is 3. The predicted molar refractivity (Wildman–Crippen MR) is 75.6 cm³/mol. The number of amides is 1. The largest absolute Gasteiger partial charge is 0.336 e. The molecule has 1 rings (SSSR count). The van der Waals surface area contributed by atoms with Crippen LogP contribution in [0.4, 0.5) is 0 Å². The molecule has 1 saturated heterocycles. The fourth-order valence-corrected chi connectivity index (χ4v) is 2.44. The zero-order chi connectivity index (χ0) is 14.0. The maximum Gasteiger partial charge on any atom is 0.230 e. The van der Waals surface area contributed by atoms with Crippen LogP contribution in [0.25, 0.3) is 0 Å². The van der Waals surface area contributed by atoms with Crippen molar-refractivity contribution in [3.8, 4) is 0 Å². The molecule has 4 heteroatoms. The summed E-state index contributed by atoms with van der Waals surface area (Å²) >= 11 is 0. The number of nitrogens with zero attached hydrogens (tertiary/aromatic N) is 2. The molecule has 0 radical (unpaired) electrons. The Morgan fingerprint density at radius 3 is 2.39 bits per heavy atom. The molecule has 0 aromatic rings. The van der Waals surface area contributed by atoms with E-state index in [0.29, 0.717) is 0 Å². The molecule has 18 heavy (non-hydrogen) atoms. The molecule has 0 aromatic heterocycles. The Kier molecular flexibility index (Phi) is 4.78. The van der Waals surface area contributed by atoms with Gasteiger partial charge in [-0.15, -0.1) is 0 Å². The predicted octanol–water partition coefficient (Wildman–Crippen LogP) is 1.17. The zero-order valence-electron chi connectivity index (χ0n) is 12.8. The van der Waals surface area contributed by atoms with E-state index in [0.717, 1.165) is 32.6 Å². The summed E-state index contributed by atoms with van der Waals surface area (Å²) in [4.78, 5) is 16.9. The van der Waals surface area contributed by atoms with E-state index >= 15 is 0 Å². The van der Waals surface area contributed by atoms with Crippen LogP contribution in [-0.2, 0) is 4.79 Å². The number of carbonyl (C=O) groups excluding carboxylic acids is 1. The first kappa shape index (κ1) is 15.4. The van der Waals surface area contributed by atoms with Gasteiger partial charge in [0.2, 0.25) is 5.91 Å². The number of hydrogen-bond donors (Lipinski definition) is 1. The van der Waals surface area contributed by atoms with Crippen molar-refractivity contribution in [1.29, 1.82) is 0 Å². The van der Waals surface area contributed by atoms with Crippen molar-refractivity contribution in [3.05, 3.63) is 0 Å². The van der Waals surface area contributed by atoms with E-state index in [1.807, 2.05) is 13.8 Å². The van der Waals surface area contributed by atoms with Gasteiger partial charge in [-0.2, -0.15) is 0 Å². The van der Waals surface area contributed by atoms with Crippen LogP contribution in [0, 0.1) is 5.41 Å². The molecule has 0 spiro atoms. The second-order valence-corrected chi connectivity index (χ2v) is 6.91. The highest BCUT2D eigenvalue weighted by molar-refractivity contribution is 5.83. The summed E-state index contributed by atoms with van der Waals surface area (Å²) < 4.78 is 0. The Bertz CT molecular complexity index is 297. The highest BCUT2D eigenvalue weighted by Crippen LogP contribution is 2.27. The monoisotopic (exact) mass is 255 g/mol. The zero-order valence-corrected chi connectivity index (χ0v) is 12.8. The Hall–Kier alpha value is -0.610. The molecule has 1 heterocycles. The van der Waals surface area contributed by atoms with Gasteiger partial charge in [0.25, 0.3) is 0 Å². The van der Waals surface area contributed by atoms with E-state index in [4.69, 9.17) is 0 Å². The van der Waals surface area contributed by atoms with Gasteiger partial charge < -0.3 is 15.1 Å². The van der Waals surface area contributed by atoms with E-state index in [9.17, 15) is 4.79 Å². The summed E-state index contributed by atoms with van der Waals surface area (Å²) in [7, 11) is 4.14. The lowest BCUT2D eigenvalue weighted by Crippen LogP contribution is -2.53. The fourth-order valence-electron chi connectivity index (χ4n) is 2.44. The van der Waals surface area contributed by atoms with Crippen LogP contribution in [0.15, 0.2) is 0 Å². The van der Waals surface area contributed by atoms with Crippen LogP contribution in [0.1, 0.15) is 34.1 Å². The Balaban J connectivity index is 2.76. The average molecular weight is 255 g/mol. The molecule has 106 valence electrons. The minimum absolute atomic E-state index is 0.100. The maximum atomic E-state index is 12.6. The topological polar surface area (TPSA) is 35.6 Å². The molecular formula is C14H29N3O. The van der Waals surface area contributed by atoms with Crippen molar-refractivity contribution in [1.82, 2.24) is 15.1 Å². The van der Waals surface area contributed by atoms with E-state index in [-0.39, 0.29) is 16.9 Å². The molecule has 1 aliphatic heterocycles. The van der Waals surface area contributed by atoms with Crippen molar-refractivity contribution in [3.63, 3.8) is 0 Å². The van der Waals surface area contributed by atoms with Gasteiger partial charge in [-0.05, 0) is 54.8 Å². The normalized spacial score (nSPS) is 23.3. The summed E-state index contributed by atoms with van der Waals surface area (Å²) in [5.74, 6) is 0.274. The summed E-state index contributed by atoms with van der Waals surface area (Å²) in [5.41, 5.74) is -0.400. The lowest BCUT2D eigenvalue weighted by atomic mass is 9.91. The van der Waals surface area contributed by atoms with Crippen molar-refractivity contribution >= 4 is 5.91 Å².